The van der Waals surface area contributed by atoms with Crippen molar-refractivity contribution in [3.63, 3.8) is 0 Å². The number of thiophene rings is 1. The second-order valence-corrected chi connectivity index (χ2v) is 28.0. The molecular formula is C72H58B10N2S2. The lowest BCUT2D eigenvalue weighted by Crippen LogP contribution is -2.55. The molecule has 0 unspecified atom stereocenters. The average molecular weight is 1120 g/mol. The highest BCUT2D eigenvalue weighted by atomic mass is 32.3. The van der Waals surface area contributed by atoms with Gasteiger partial charge in [0.1, 0.15) is 78.5 Å². The molecule has 3 heterocycles. The Kier molecular flexibility index (Phi) is 13.1. The predicted molar refractivity (Wildman–Crippen MR) is 406 cm³/mol. The van der Waals surface area contributed by atoms with Gasteiger partial charge in [-0.15, -0.1) is 54.1 Å². The first-order valence-electron chi connectivity index (χ1n) is 30.2. The third-order valence-corrected chi connectivity index (χ3v) is 24.8. The van der Waals surface area contributed by atoms with Crippen molar-refractivity contribution in [1.29, 1.82) is 0 Å². The van der Waals surface area contributed by atoms with Crippen LogP contribution in [0.4, 0.5) is 0 Å². The van der Waals surface area contributed by atoms with Gasteiger partial charge in [-0.05, 0) is 108 Å². The fraction of sp³-hybridized carbons (Fsp3) is 0. The summed E-state index contributed by atoms with van der Waals surface area (Å²) in [7, 11) is 21.3. The summed E-state index contributed by atoms with van der Waals surface area (Å²) < 4.78 is 7.84. The summed E-state index contributed by atoms with van der Waals surface area (Å²) in [4.78, 5) is 5.20. The highest BCUT2D eigenvalue weighted by Crippen LogP contribution is 2.74. The molecule has 0 radical (unpaired) electrons. The third-order valence-electron chi connectivity index (χ3n) is 19.8. The van der Waals surface area contributed by atoms with Crippen LogP contribution in [0.25, 0.3) is 109 Å². The molecule has 398 valence electrons. The van der Waals surface area contributed by atoms with Crippen molar-refractivity contribution >= 4 is 218 Å². The van der Waals surface area contributed by atoms with Gasteiger partial charge in [-0.25, -0.2) is 0 Å². The first-order chi connectivity index (χ1) is 41.9. The van der Waals surface area contributed by atoms with Crippen molar-refractivity contribution in [1.82, 2.24) is 9.13 Å². The van der Waals surface area contributed by atoms with Crippen LogP contribution in [0, 0.1) is 0 Å². The van der Waals surface area contributed by atoms with E-state index in [0.717, 1.165) is 5.69 Å². The molecule has 0 saturated carbocycles. The summed E-state index contributed by atoms with van der Waals surface area (Å²) in [5, 5.41) is 7.53. The molecule has 15 rings (SSSR count). The average Bonchev–Trinajstić information content (AvgIpc) is 1.24. The number of para-hydroxylation sites is 3. The van der Waals surface area contributed by atoms with Gasteiger partial charge in [-0.3, -0.25) is 0 Å². The van der Waals surface area contributed by atoms with Crippen molar-refractivity contribution in [3.8, 4) is 44.8 Å². The maximum atomic E-state index is 2.67. The van der Waals surface area contributed by atoms with Gasteiger partial charge in [0, 0.05) is 83.7 Å². The van der Waals surface area contributed by atoms with E-state index >= 15 is 0 Å². The number of fused-ring (bicyclic) bond motifs is 9. The van der Waals surface area contributed by atoms with Crippen LogP contribution >= 0.6 is 21.4 Å². The van der Waals surface area contributed by atoms with Crippen LogP contribution in [-0.4, -0.2) is 87.6 Å². The number of hydrogen-bond acceptors (Lipinski definition) is 1. The standard InChI is InChI=1S/C72H58B10N2S2/c73-61-59(62(74)66(78)69(81)65(61)77)51-37-43(86(40-18-4-1-5-19-40,41-20-6-2-7-21-41)42-22-8-3-9-23-42)38-52(60-63(75)67(79)70(82)68(80)64(60)76)72(51)84-54-31-14-11-25-45(54)50-36-39(34-35-55(50)84)83-53-30-13-10-24-44(53)47-28-16-29-48(71(47)83)46-27-17-33-57-58(46)49-26-12-15-32-56(49)85-57/h1-38H,73-82H2. The number of hydrogen-bond donors (Lipinski definition) is 0. The second-order valence-electron chi connectivity index (χ2n) is 23.8. The molecule has 0 aliphatic heterocycles. The monoisotopic (exact) mass is 1120 g/mol. The van der Waals surface area contributed by atoms with E-state index in [1.54, 1.807) is 0 Å². The van der Waals surface area contributed by atoms with Gasteiger partial charge in [0.25, 0.3) is 0 Å². The van der Waals surface area contributed by atoms with E-state index in [-0.39, 0.29) is 0 Å². The number of nitrogens with zero attached hydrogens (tertiary/aromatic N) is 2. The molecule has 0 bridgehead atoms. The quantitative estimate of drug-likeness (QED) is 0.197. The van der Waals surface area contributed by atoms with Crippen LogP contribution in [0.5, 0.6) is 0 Å². The lowest BCUT2D eigenvalue weighted by atomic mass is 9.58. The molecule has 0 fully saturated rings. The predicted octanol–water partition coefficient (Wildman–Crippen LogP) is 3.17. The molecule has 3 aromatic heterocycles. The Morgan fingerprint density at radius 2 is 0.686 bits per heavy atom. The van der Waals surface area contributed by atoms with Gasteiger partial charge >= 0.3 is 0 Å². The Balaban J connectivity index is 1.11. The molecule has 0 amide bonds. The highest BCUT2D eigenvalue weighted by Gasteiger charge is 2.37. The van der Waals surface area contributed by atoms with Crippen LogP contribution in [0.1, 0.15) is 0 Å². The fourth-order valence-electron chi connectivity index (χ4n) is 14.7. The number of benzene rings is 12. The van der Waals surface area contributed by atoms with Crippen molar-refractivity contribution in [2.24, 2.45) is 0 Å². The molecule has 0 aliphatic carbocycles. The molecule has 0 atom stereocenters. The zero-order chi connectivity index (χ0) is 58.9. The lowest BCUT2D eigenvalue weighted by Gasteiger charge is -2.43. The normalized spacial score (nSPS) is 12.1. The molecule has 0 saturated heterocycles. The van der Waals surface area contributed by atoms with Crippen LogP contribution in [0.3, 0.4) is 0 Å². The minimum absolute atomic E-state index is 1.13. The Hall–Kier alpha value is -8.54. The summed E-state index contributed by atoms with van der Waals surface area (Å²) >= 11 is 1.88. The Morgan fingerprint density at radius 1 is 0.279 bits per heavy atom. The maximum Gasteiger partial charge on any atom is 0.139 e. The summed E-state index contributed by atoms with van der Waals surface area (Å²) in [5.74, 6) is 0. The molecule has 12 aromatic carbocycles. The van der Waals surface area contributed by atoms with E-state index in [0.29, 0.717) is 0 Å². The molecule has 86 heavy (non-hydrogen) atoms. The largest absolute Gasteiger partial charge is 0.309 e. The zero-order valence-electron chi connectivity index (χ0n) is 50.7. The van der Waals surface area contributed by atoms with Crippen molar-refractivity contribution in [2.45, 2.75) is 19.6 Å². The van der Waals surface area contributed by atoms with Gasteiger partial charge in [-0.2, -0.15) is 0 Å². The van der Waals surface area contributed by atoms with Gasteiger partial charge in [0.2, 0.25) is 0 Å². The summed E-state index contributed by atoms with van der Waals surface area (Å²) in [6.45, 7) is 0. The third kappa shape index (κ3) is 7.95. The van der Waals surface area contributed by atoms with Crippen molar-refractivity contribution < 1.29 is 0 Å². The van der Waals surface area contributed by atoms with Crippen molar-refractivity contribution in [3.05, 3.63) is 231 Å². The summed E-state index contributed by atoms with van der Waals surface area (Å²) in [5.41, 5.74) is 28.0. The number of aromatic nitrogens is 2. The summed E-state index contributed by atoms with van der Waals surface area (Å²) in [6.07, 6.45) is 0. The van der Waals surface area contributed by atoms with E-state index in [9.17, 15) is 0 Å². The van der Waals surface area contributed by atoms with E-state index in [1.165, 1.54) is 177 Å². The van der Waals surface area contributed by atoms with Gasteiger partial charge in [0.05, 0.1) is 27.8 Å². The van der Waals surface area contributed by atoms with Crippen molar-refractivity contribution in [2.75, 3.05) is 0 Å². The molecule has 0 aliphatic rings. The molecule has 15 aromatic rings. The number of rotatable bonds is 9. The highest BCUT2D eigenvalue weighted by molar-refractivity contribution is 8.34. The van der Waals surface area contributed by atoms with Gasteiger partial charge < -0.3 is 9.13 Å². The Bertz CT molecular complexity index is 5060. The molecule has 0 N–H and O–H groups in total. The van der Waals surface area contributed by atoms with Gasteiger partial charge in [-0.1, -0.05) is 161 Å². The fourth-order valence-corrected chi connectivity index (χ4v) is 19.8. The first kappa shape index (κ1) is 54.1. The minimum Gasteiger partial charge on any atom is -0.309 e. The smallest absolute Gasteiger partial charge is 0.139 e. The van der Waals surface area contributed by atoms with E-state index < -0.39 is 10.0 Å². The van der Waals surface area contributed by atoms with Crippen LogP contribution < -0.4 is 54.6 Å². The van der Waals surface area contributed by atoms with Crippen LogP contribution in [0.15, 0.2) is 250 Å². The Morgan fingerprint density at radius 3 is 1.23 bits per heavy atom. The van der Waals surface area contributed by atoms with E-state index in [1.807, 2.05) is 11.3 Å². The van der Waals surface area contributed by atoms with E-state index in [2.05, 4.69) is 318 Å². The van der Waals surface area contributed by atoms with Crippen LogP contribution in [0.2, 0.25) is 0 Å². The van der Waals surface area contributed by atoms with Crippen LogP contribution in [-0.2, 0) is 0 Å². The van der Waals surface area contributed by atoms with Gasteiger partial charge in [0.15, 0.2) is 0 Å². The second kappa shape index (κ2) is 20.9. The zero-order valence-corrected chi connectivity index (χ0v) is 52.3. The molecular weight excluding hydrogens is 1070 g/mol. The molecule has 2 nitrogen and oxygen atoms in total. The molecule has 0 spiro atoms. The summed E-state index contributed by atoms with van der Waals surface area (Å²) in [6, 6.07) is 87.7. The maximum absolute atomic E-state index is 2.67. The minimum atomic E-state index is -2.17. The lowest BCUT2D eigenvalue weighted by molar-refractivity contribution is 1.16. The van der Waals surface area contributed by atoms with E-state index in [4.69, 9.17) is 0 Å². The topological polar surface area (TPSA) is 9.86 Å². The Labute approximate surface area is 518 Å². The first-order valence-corrected chi connectivity index (χ1v) is 32.6. The molecule has 14 heteroatoms. The SMILES string of the molecule is Bc1c(B)c(B)c(-c2cc(S(c3ccccc3)(c3ccccc3)c3ccccc3)cc(-c3c(B)c(B)c(B)c(B)c3B)c2-n2c3ccccc3c3cc(-n4c5ccccc5c5cccc(-c6cccc7sc8ccccc8c67)c54)ccc32)c(B)c1B.